The molecule has 1 aliphatic rings. The molecule has 0 aromatic carbocycles. The number of carbonyl (C=O) groups is 1. The highest BCUT2D eigenvalue weighted by Gasteiger charge is 2.32. The normalized spacial score (nSPS) is 19.5. The van der Waals surface area contributed by atoms with Gasteiger partial charge in [0.15, 0.2) is 0 Å². The Morgan fingerprint density at radius 3 is 2.48 bits per heavy atom. The van der Waals surface area contributed by atoms with Gasteiger partial charge in [-0.3, -0.25) is 9.69 Å². The molecular weight excluding hydrogens is 283 g/mol. The second-order valence-corrected chi connectivity index (χ2v) is 5.87. The molecule has 2 N–H and O–H groups in total. The molecule has 0 aromatic heterocycles. The molecule has 1 fully saturated rings. The lowest BCUT2D eigenvalue weighted by atomic mass is 9.93. The molecule has 0 saturated carbocycles. The third-order valence-electron chi connectivity index (χ3n) is 3.92. The van der Waals surface area contributed by atoms with E-state index in [-0.39, 0.29) is 11.8 Å². The minimum atomic E-state index is -4.11. The first-order valence-electron chi connectivity index (χ1n) is 7.53. The number of likely N-dealkylation sites (tertiary alicyclic amines) is 1. The van der Waals surface area contributed by atoms with Crippen LogP contribution in [0, 0.1) is 11.8 Å². The summed E-state index contributed by atoms with van der Waals surface area (Å²) in [5.41, 5.74) is 0. The Morgan fingerprint density at radius 1 is 1.33 bits per heavy atom. The minimum Gasteiger partial charge on any atom is -0.356 e. The topological polar surface area (TPSA) is 44.4 Å². The number of halogens is 3. The fourth-order valence-corrected chi connectivity index (χ4v) is 2.66. The summed E-state index contributed by atoms with van der Waals surface area (Å²) >= 11 is 0. The van der Waals surface area contributed by atoms with Crippen LogP contribution >= 0.6 is 0 Å². The van der Waals surface area contributed by atoms with E-state index in [1.807, 2.05) is 6.92 Å². The lowest BCUT2D eigenvalue weighted by Gasteiger charge is -2.32. The van der Waals surface area contributed by atoms with Crippen molar-refractivity contribution in [1.29, 1.82) is 0 Å². The Bertz CT molecular complexity index is 315. The molecule has 1 aliphatic heterocycles. The van der Waals surface area contributed by atoms with Gasteiger partial charge >= 0.3 is 6.18 Å². The highest BCUT2D eigenvalue weighted by molar-refractivity contribution is 5.78. The summed E-state index contributed by atoms with van der Waals surface area (Å²) < 4.78 is 36.8. The average molecular weight is 309 g/mol. The number of nitrogens with one attached hydrogen (secondary N) is 2. The Kier molecular flexibility index (Phi) is 7.45. The van der Waals surface area contributed by atoms with Gasteiger partial charge in [0.1, 0.15) is 0 Å². The maximum absolute atomic E-state index is 12.3. The number of hydrogen-bond donors (Lipinski definition) is 2. The summed E-state index contributed by atoms with van der Waals surface area (Å²) in [6.07, 6.45) is -1.71. The molecule has 1 unspecified atom stereocenters. The first-order chi connectivity index (χ1) is 9.81. The van der Waals surface area contributed by atoms with E-state index in [2.05, 4.69) is 10.6 Å². The van der Waals surface area contributed by atoms with Gasteiger partial charge in [0, 0.05) is 19.0 Å². The second-order valence-electron chi connectivity index (χ2n) is 5.87. The molecule has 1 rings (SSSR count). The molecule has 1 amide bonds. The van der Waals surface area contributed by atoms with Gasteiger partial charge < -0.3 is 10.6 Å². The molecular formula is C14H26F3N3O. The lowest BCUT2D eigenvalue weighted by molar-refractivity contribution is -0.148. The largest absolute Gasteiger partial charge is 0.401 e. The number of amides is 1. The number of rotatable bonds is 7. The van der Waals surface area contributed by atoms with E-state index in [0.717, 1.165) is 19.3 Å². The number of carbonyl (C=O) groups excluding carboxylic acids is 1. The number of alkyl halides is 3. The van der Waals surface area contributed by atoms with E-state index in [9.17, 15) is 18.0 Å². The molecule has 21 heavy (non-hydrogen) atoms. The number of hydrogen-bond acceptors (Lipinski definition) is 3. The number of piperidine rings is 1. The van der Waals surface area contributed by atoms with Crippen LogP contribution in [0.15, 0.2) is 0 Å². The van der Waals surface area contributed by atoms with Gasteiger partial charge in [-0.05, 0) is 45.3 Å². The maximum Gasteiger partial charge on any atom is 0.401 e. The van der Waals surface area contributed by atoms with Crippen LogP contribution in [0.1, 0.15) is 26.2 Å². The van der Waals surface area contributed by atoms with Gasteiger partial charge in [0.25, 0.3) is 0 Å². The molecule has 4 nitrogen and oxygen atoms in total. The van der Waals surface area contributed by atoms with Crippen LogP contribution in [0.25, 0.3) is 0 Å². The third kappa shape index (κ3) is 7.66. The van der Waals surface area contributed by atoms with Crippen LogP contribution in [-0.4, -0.2) is 56.8 Å². The second kappa shape index (κ2) is 8.58. The van der Waals surface area contributed by atoms with Crippen molar-refractivity contribution in [3.05, 3.63) is 0 Å². The Labute approximate surface area is 124 Å². The molecule has 1 saturated heterocycles. The zero-order valence-electron chi connectivity index (χ0n) is 12.8. The molecule has 1 heterocycles. The van der Waals surface area contributed by atoms with Crippen molar-refractivity contribution in [2.75, 3.05) is 39.8 Å². The minimum absolute atomic E-state index is 0.0267. The summed E-state index contributed by atoms with van der Waals surface area (Å²) in [5, 5.41) is 5.84. The van der Waals surface area contributed by atoms with Crippen molar-refractivity contribution >= 4 is 5.91 Å². The Morgan fingerprint density at radius 2 is 1.95 bits per heavy atom. The Balaban J connectivity index is 2.15. The summed E-state index contributed by atoms with van der Waals surface area (Å²) in [5.74, 6) is 0.372. The molecule has 1 atom stereocenters. The summed E-state index contributed by atoms with van der Waals surface area (Å²) in [6, 6.07) is 0. The SMILES string of the molecule is CNCC(C)C(=O)NCCC1CCN(CC(F)(F)F)CC1. The van der Waals surface area contributed by atoms with Crippen LogP contribution in [-0.2, 0) is 4.79 Å². The van der Waals surface area contributed by atoms with E-state index >= 15 is 0 Å². The summed E-state index contributed by atoms with van der Waals surface area (Å²) in [4.78, 5) is 13.2. The molecule has 0 aliphatic carbocycles. The van der Waals surface area contributed by atoms with Crippen LogP contribution in [0.3, 0.4) is 0 Å². The van der Waals surface area contributed by atoms with Crippen molar-refractivity contribution in [2.24, 2.45) is 11.8 Å². The lowest BCUT2D eigenvalue weighted by Crippen LogP contribution is -2.41. The fraction of sp³-hybridized carbons (Fsp3) is 0.929. The van der Waals surface area contributed by atoms with E-state index in [0.29, 0.717) is 32.1 Å². The first-order valence-corrected chi connectivity index (χ1v) is 7.53. The third-order valence-corrected chi connectivity index (χ3v) is 3.92. The summed E-state index contributed by atoms with van der Waals surface area (Å²) in [6.45, 7) is 3.29. The molecule has 124 valence electrons. The van der Waals surface area contributed by atoms with Gasteiger partial charge in [-0.25, -0.2) is 0 Å². The van der Waals surface area contributed by atoms with E-state index in [1.165, 1.54) is 4.90 Å². The monoisotopic (exact) mass is 309 g/mol. The van der Waals surface area contributed by atoms with Crippen LogP contribution in [0.5, 0.6) is 0 Å². The number of nitrogens with zero attached hydrogens (tertiary/aromatic N) is 1. The zero-order valence-corrected chi connectivity index (χ0v) is 12.8. The van der Waals surface area contributed by atoms with E-state index in [1.54, 1.807) is 7.05 Å². The smallest absolute Gasteiger partial charge is 0.356 e. The molecule has 0 spiro atoms. The predicted octanol–water partition coefficient (Wildman–Crippen LogP) is 1.62. The van der Waals surface area contributed by atoms with E-state index < -0.39 is 12.7 Å². The first kappa shape index (κ1) is 18.2. The Hall–Kier alpha value is -0.820. The van der Waals surface area contributed by atoms with Crippen molar-refractivity contribution in [3.63, 3.8) is 0 Å². The van der Waals surface area contributed by atoms with Gasteiger partial charge in [0.2, 0.25) is 5.91 Å². The van der Waals surface area contributed by atoms with Crippen molar-refractivity contribution in [1.82, 2.24) is 15.5 Å². The fourth-order valence-electron chi connectivity index (χ4n) is 2.66. The quantitative estimate of drug-likeness (QED) is 0.751. The van der Waals surface area contributed by atoms with Crippen molar-refractivity contribution in [2.45, 2.75) is 32.4 Å². The van der Waals surface area contributed by atoms with Crippen LogP contribution < -0.4 is 10.6 Å². The molecule has 0 bridgehead atoms. The van der Waals surface area contributed by atoms with Crippen molar-refractivity contribution < 1.29 is 18.0 Å². The molecule has 0 aromatic rings. The van der Waals surface area contributed by atoms with Gasteiger partial charge in [-0.2, -0.15) is 13.2 Å². The molecule has 7 heteroatoms. The van der Waals surface area contributed by atoms with Crippen molar-refractivity contribution in [3.8, 4) is 0 Å². The van der Waals surface area contributed by atoms with Crippen LogP contribution in [0.4, 0.5) is 13.2 Å². The zero-order chi connectivity index (χ0) is 15.9. The van der Waals surface area contributed by atoms with E-state index in [4.69, 9.17) is 0 Å². The molecule has 0 radical (unpaired) electrons. The van der Waals surface area contributed by atoms with Crippen LogP contribution in [0.2, 0.25) is 0 Å². The standard InChI is InChI=1S/C14H26F3N3O/c1-11(9-18-2)13(21)19-6-3-12-4-7-20(8-5-12)10-14(15,16)17/h11-12,18H,3-10H2,1-2H3,(H,19,21). The van der Waals surface area contributed by atoms with Gasteiger partial charge in [-0.1, -0.05) is 6.92 Å². The summed E-state index contributed by atoms with van der Waals surface area (Å²) in [7, 11) is 1.80. The predicted molar refractivity (Wildman–Crippen MR) is 75.9 cm³/mol. The highest BCUT2D eigenvalue weighted by Crippen LogP contribution is 2.23. The highest BCUT2D eigenvalue weighted by atomic mass is 19.4. The maximum atomic E-state index is 12.3. The van der Waals surface area contributed by atoms with Gasteiger partial charge in [-0.15, -0.1) is 0 Å². The van der Waals surface area contributed by atoms with Gasteiger partial charge in [0.05, 0.1) is 6.54 Å². The average Bonchev–Trinajstić information content (AvgIpc) is 2.39.